The molecule has 0 radical (unpaired) electrons. The first-order valence-corrected chi connectivity index (χ1v) is 13.7. The number of amides is 1. The lowest BCUT2D eigenvalue weighted by molar-refractivity contribution is -0.121. The summed E-state index contributed by atoms with van der Waals surface area (Å²) >= 11 is 14.1. The summed E-state index contributed by atoms with van der Waals surface area (Å²) in [5, 5.41) is 13.7. The van der Waals surface area contributed by atoms with E-state index in [0.717, 1.165) is 47.2 Å². The first-order chi connectivity index (χ1) is 17.5. The smallest absolute Gasteiger partial charge is 0.220 e. The Bertz CT molecular complexity index is 1290. The minimum Gasteiger partial charge on any atom is -0.356 e. The van der Waals surface area contributed by atoms with E-state index in [2.05, 4.69) is 46.7 Å². The topological polar surface area (TPSA) is 59.8 Å². The maximum Gasteiger partial charge on any atom is 0.220 e. The van der Waals surface area contributed by atoms with Crippen molar-refractivity contribution in [2.45, 2.75) is 37.8 Å². The third kappa shape index (κ3) is 7.12. The van der Waals surface area contributed by atoms with Crippen LogP contribution in [0, 0.1) is 6.92 Å². The molecular formula is C28H28Cl2N4OS. The Morgan fingerprint density at radius 3 is 2.47 bits per heavy atom. The summed E-state index contributed by atoms with van der Waals surface area (Å²) in [5.74, 6) is 1.66. The predicted octanol–water partition coefficient (Wildman–Crippen LogP) is 7.17. The minimum atomic E-state index is 0.0940. The number of carbonyl (C=O) groups is 1. The third-order valence-corrected chi connectivity index (χ3v) is 7.47. The zero-order valence-corrected chi connectivity index (χ0v) is 22.4. The van der Waals surface area contributed by atoms with Crippen LogP contribution in [0.4, 0.5) is 0 Å². The average molecular weight is 540 g/mol. The molecule has 4 rings (SSSR count). The van der Waals surface area contributed by atoms with Crippen LogP contribution in [0.2, 0.25) is 10.0 Å². The predicted molar refractivity (Wildman–Crippen MR) is 149 cm³/mol. The Morgan fingerprint density at radius 1 is 0.944 bits per heavy atom. The number of hydrogen-bond donors (Lipinski definition) is 1. The van der Waals surface area contributed by atoms with E-state index >= 15 is 0 Å². The number of rotatable bonds is 11. The summed E-state index contributed by atoms with van der Waals surface area (Å²) in [5.41, 5.74) is 4.23. The highest BCUT2D eigenvalue weighted by Crippen LogP contribution is 2.31. The number of nitrogens with zero attached hydrogens (tertiary/aromatic N) is 3. The van der Waals surface area contributed by atoms with Gasteiger partial charge in [-0.3, -0.25) is 9.36 Å². The average Bonchev–Trinajstić information content (AvgIpc) is 3.30. The van der Waals surface area contributed by atoms with E-state index < -0.39 is 0 Å². The number of benzene rings is 3. The number of unbranched alkanes of at least 4 members (excludes halogenated alkanes) is 1. The molecule has 0 spiro atoms. The van der Waals surface area contributed by atoms with E-state index in [0.29, 0.717) is 23.0 Å². The van der Waals surface area contributed by atoms with Gasteiger partial charge in [0.1, 0.15) is 0 Å². The summed E-state index contributed by atoms with van der Waals surface area (Å²) < 4.78 is 2.01. The standard InChI is InChI=1S/C28H28Cl2N4OS/c1-20-10-12-22(13-11-20)27-32-33-28(34(27)23-14-15-24(29)25(30)19-23)36-18-6-5-9-26(35)31-17-16-21-7-3-2-4-8-21/h2-4,7-8,10-15,19H,5-6,9,16-18H2,1H3,(H,31,35). The number of aromatic nitrogens is 3. The SMILES string of the molecule is Cc1ccc(-c2nnc(SCCCCC(=O)NCCc3ccccc3)n2-c2ccc(Cl)c(Cl)c2)cc1. The van der Waals surface area contributed by atoms with Gasteiger partial charge in [-0.25, -0.2) is 0 Å². The zero-order chi connectivity index (χ0) is 25.3. The van der Waals surface area contributed by atoms with Crippen molar-refractivity contribution in [3.8, 4) is 17.1 Å². The monoisotopic (exact) mass is 538 g/mol. The normalized spacial score (nSPS) is 11.0. The molecule has 3 aromatic carbocycles. The summed E-state index contributed by atoms with van der Waals surface area (Å²) in [6.45, 7) is 2.71. The van der Waals surface area contributed by atoms with Gasteiger partial charge in [-0.05, 0) is 49.9 Å². The minimum absolute atomic E-state index is 0.0940. The molecule has 0 saturated heterocycles. The van der Waals surface area contributed by atoms with E-state index in [4.69, 9.17) is 23.2 Å². The molecule has 0 aliphatic carbocycles. The molecule has 4 aromatic rings. The van der Waals surface area contributed by atoms with Crippen LogP contribution in [0.3, 0.4) is 0 Å². The van der Waals surface area contributed by atoms with Gasteiger partial charge in [-0.15, -0.1) is 10.2 Å². The molecule has 0 fully saturated rings. The van der Waals surface area contributed by atoms with Gasteiger partial charge in [0.25, 0.3) is 0 Å². The lowest BCUT2D eigenvalue weighted by Crippen LogP contribution is -2.25. The van der Waals surface area contributed by atoms with Crippen LogP contribution in [0.25, 0.3) is 17.1 Å². The molecule has 0 atom stereocenters. The van der Waals surface area contributed by atoms with E-state index in [1.54, 1.807) is 17.8 Å². The van der Waals surface area contributed by atoms with Crippen molar-refractivity contribution in [2.24, 2.45) is 0 Å². The molecule has 0 bridgehead atoms. The van der Waals surface area contributed by atoms with Gasteiger partial charge >= 0.3 is 0 Å². The summed E-state index contributed by atoms with van der Waals surface area (Å²) in [6, 6.07) is 23.9. The molecule has 0 aliphatic rings. The van der Waals surface area contributed by atoms with Gasteiger partial charge in [0.15, 0.2) is 11.0 Å². The first-order valence-electron chi connectivity index (χ1n) is 11.9. The molecule has 186 valence electrons. The van der Waals surface area contributed by atoms with Crippen molar-refractivity contribution < 1.29 is 4.79 Å². The van der Waals surface area contributed by atoms with Gasteiger partial charge in [0, 0.05) is 24.3 Å². The molecule has 0 unspecified atom stereocenters. The van der Waals surface area contributed by atoms with Gasteiger partial charge in [0.2, 0.25) is 5.91 Å². The number of thioether (sulfide) groups is 1. The van der Waals surface area contributed by atoms with Crippen LogP contribution >= 0.6 is 35.0 Å². The number of hydrogen-bond acceptors (Lipinski definition) is 4. The second kappa shape index (κ2) is 12.9. The molecule has 8 heteroatoms. The molecule has 1 N–H and O–H groups in total. The summed E-state index contributed by atoms with van der Waals surface area (Å²) in [4.78, 5) is 12.2. The van der Waals surface area contributed by atoms with E-state index in [-0.39, 0.29) is 5.91 Å². The van der Waals surface area contributed by atoms with Crippen molar-refractivity contribution in [1.82, 2.24) is 20.1 Å². The van der Waals surface area contributed by atoms with E-state index in [1.165, 1.54) is 11.1 Å². The largest absolute Gasteiger partial charge is 0.356 e. The molecule has 0 aliphatic heterocycles. The summed E-state index contributed by atoms with van der Waals surface area (Å²) in [7, 11) is 0. The third-order valence-electron chi connectivity index (χ3n) is 5.71. The van der Waals surface area contributed by atoms with E-state index in [1.807, 2.05) is 47.0 Å². The highest BCUT2D eigenvalue weighted by Gasteiger charge is 2.17. The fourth-order valence-corrected chi connectivity index (χ4v) is 4.98. The van der Waals surface area contributed by atoms with Crippen molar-refractivity contribution >= 4 is 40.9 Å². The molecule has 36 heavy (non-hydrogen) atoms. The Kier molecular flexibility index (Phi) is 9.45. The van der Waals surface area contributed by atoms with Crippen LogP contribution in [0.15, 0.2) is 78.0 Å². The Labute approximate surface area is 226 Å². The maximum absolute atomic E-state index is 12.2. The number of aryl methyl sites for hydroxylation is 1. The second-order valence-electron chi connectivity index (χ2n) is 8.50. The van der Waals surface area contributed by atoms with Gasteiger partial charge < -0.3 is 5.32 Å². The van der Waals surface area contributed by atoms with Gasteiger partial charge in [-0.2, -0.15) is 0 Å². The molecule has 1 amide bonds. The van der Waals surface area contributed by atoms with Crippen LogP contribution in [-0.2, 0) is 11.2 Å². The van der Waals surface area contributed by atoms with Crippen molar-refractivity contribution in [1.29, 1.82) is 0 Å². The Hall–Kier alpha value is -2.80. The molecule has 1 aromatic heterocycles. The van der Waals surface area contributed by atoms with E-state index in [9.17, 15) is 4.79 Å². The van der Waals surface area contributed by atoms with Crippen molar-refractivity contribution in [3.63, 3.8) is 0 Å². The summed E-state index contributed by atoms with van der Waals surface area (Å²) in [6.07, 6.45) is 3.07. The van der Waals surface area contributed by atoms with Crippen molar-refractivity contribution in [3.05, 3.63) is 94.0 Å². The van der Waals surface area contributed by atoms with Crippen LogP contribution in [0.5, 0.6) is 0 Å². The number of carbonyl (C=O) groups excluding carboxylic acids is 1. The molecule has 1 heterocycles. The highest BCUT2D eigenvalue weighted by atomic mass is 35.5. The Morgan fingerprint density at radius 2 is 1.72 bits per heavy atom. The molecule has 0 saturated carbocycles. The molecular weight excluding hydrogens is 511 g/mol. The van der Waals surface area contributed by atoms with Gasteiger partial charge in [0.05, 0.1) is 15.7 Å². The van der Waals surface area contributed by atoms with Crippen LogP contribution < -0.4 is 5.32 Å². The zero-order valence-electron chi connectivity index (χ0n) is 20.1. The molecule has 5 nitrogen and oxygen atoms in total. The fourth-order valence-electron chi connectivity index (χ4n) is 3.74. The lowest BCUT2D eigenvalue weighted by Gasteiger charge is -2.11. The highest BCUT2D eigenvalue weighted by molar-refractivity contribution is 7.99. The van der Waals surface area contributed by atoms with Gasteiger partial charge in [-0.1, -0.05) is 95.1 Å². The quantitative estimate of drug-likeness (QED) is 0.162. The van der Waals surface area contributed by atoms with Crippen LogP contribution in [-0.4, -0.2) is 33.0 Å². The van der Waals surface area contributed by atoms with Crippen LogP contribution in [0.1, 0.15) is 30.4 Å². The maximum atomic E-state index is 12.2. The number of halogens is 2. The lowest BCUT2D eigenvalue weighted by atomic mass is 10.1. The first kappa shape index (κ1) is 26.3. The number of nitrogens with one attached hydrogen (secondary N) is 1. The van der Waals surface area contributed by atoms with Crippen molar-refractivity contribution in [2.75, 3.05) is 12.3 Å². The fraction of sp³-hybridized carbons (Fsp3) is 0.250. The Balaban J connectivity index is 1.34. The second-order valence-corrected chi connectivity index (χ2v) is 10.4.